The second kappa shape index (κ2) is 5.55. The molecule has 0 bridgehead atoms. The summed E-state index contributed by atoms with van der Waals surface area (Å²) in [5, 5.41) is 12.2. The first-order chi connectivity index (χ1) is 9.34. The normalized spacial score (nSPS) is 10.8. The van der Waals surface area contributed by atoms with Crippen LogP contribution < -0.4 is 4.74 Å². The van der Waals surface area contributed by atoms with Crippen molar-refractivity contribution >= 4 is 33.7 Å². The van der Waals surface area contributed by atoms with Gasteiger partial charge in [-0.05, 0) is 17.5 Å². The zero-order chi connectivity index (χ0) is 13.1. The lowest BCUT2D eigenvalue weighted by Gasteiger charge is -2.07. The number of ether oxygens (including phenoxy) is 1. The molecule has 0 radical (unpaired) electrons. The van der Waals surface area contributed by atoms with E-state index < -0.39 is 0 Å². The number of rotatable bonds is 4. The highest BCUT2D eigenvalue weighted by Crippen LogP contribution is 2.27. The van der Waals surface area contributed by atoms with Crippen LogP contribution in [0, 0.1) is 0 Å². The Hall–Kier alpha value is -1.65. The highest BCUT2D eigenvalue weighted by molar-refractivity contribution is 7.09. The van der Waals surface area contributed by atoms with Crippen LogP contribution in [0.2, 0.25) is 5.15 Å². The molecule has 19 heavy (non-hydrogen) atoms. The highest BCUT2D eigenvalue weighted by atomic mass is 35.5. The largest absolute Gasteiger partial charge is 0.476 e. The molecule has 0 aliphatic heterocycles. The van der Waals surface area contributed by atoms with Gasteiger partial charge < -0.3 is 4.74 Å². The summed E-state index contributed by atoms with van der Waals surface area (Å²) in [6.07, 6.45) is 0.871. The van der Waals surface area contributed by atoms with Crippen molar-refractivity contribution < 1.29 is 4.74 Å². The Labute approximate surface area is 119 Å². The number of aromatic nitrogens is 2. The van der Waals surface area contributed by atoms with E-state index in [-0.39, 0.29) is 0 Å². The number of halogens is 1. The van der Waals surface area contributed by atoms with Crippen molar-refractivity contribution in [2.24, 2.45) is 0 Å². The molecule has 3 rings (SSSR count). The fraction of sp³-hybridized carbons (Fsp3) is 0.143. The zero-order valence-electron chi connectivity index (χ0n) is 10.0. The van der Waals surface area contributed by atoms with Crippen molar-refractivity contribution in [3.63, 3.8) is 0 Å². The fourth-order valence-corrected chi connectivity index (χ4v) is 2.75. The van der Waals surface area contributed by atoms with Gasteiger partial charge in [-0.1, -0.05) is 35.9 Å². The summed E-state index contributed by atoms with van der Waals surface area (Å²) in [5.41, 5.74) is 0. The van der Waals surface area contributed by atoms with Crippen LogP contribution >= 0.6 is 22.9 Å². The van der Waals surface area contributed by atoms with Gasteiger partial charge in [-0.25, -0.2) is 0 Å². The van der Waals surface area contributed by atoms with E-state index in [9.17, 15) is 0 Å². The number of hydrogen-bond acceptors (Lipinski definition) is 4. The maximum Gasteiger partial charge on any atom is 0.241 e. The fourth-order valence-electron chi connectivity index (χ4n) is 1.86. The summed E-state index contributed by atoms with van der Waals surface area (Å²) in [7, 11) is 0. The summed E-state index contributed by atoms with van der Waals surface area (Å²) in [6.45, 7) is 0.584. The molecule has 0 N–H and O–H groups in total. The second-order valence-corrected chi connectivity index (χ2v) is 5.41. The summed E-state index contributed by atoms with van der Waals surface area (Å²) >= 11 is 7.74. The number of nitrogens with zero attached hydrogens (tertiary/aromatic N) is 2. The summed E-state index contributed by atoms with van der Waals surface area (Å²) in [6, 6.07) is 11.9. The van der Waals surface area contributed by atoms with Gasteiger partial charge in [-0.3, -0.25) is 0 Å². The van der Waals surface area contributed by atoms with Crippen LogP contribution in [0.5, 0.6) is 5.88 Å². The summed E-state index contributed by atoms with van der Waals surface area (Å²) < 4.78 is 5.72. The van der Waals surface area contributed by atoms with Crippen LogP contribution in [0.3, 0.4) is 0 Å². The molecule has 5 heteroatoms. The lowest BCUT2D eigenvalue weighted by atomic mass is 10.2. The minimum Gasteiger partial charge on any atom is -0.476 e. The van der Waals surface area contributed by atoms with Crippen molar-refractivity contribution in [3.8, 4) is 5.88 Å². The predicted molar refractivity (Wildman–Crippen MR) is 78.1 cm³/mol. The summed E-state index contributed by atoms with van der Waals surface area (Å²) in [5.74, 6) is 0.538. The van der Waals surface area contributed by atoms with Gasteiger partial charge in [0, 0.05) is 22.1 Å². The molecule has 0 aliphatic rings. The molecule has 0 aliphatic carbocycles. The Kier molecular flexibility index (Phi) is 3.62. The SMILES string of the molecule is Clc1nnc(OCCc2cccs2)c2ccccc12. The van der Waals surface area contributed by atoms with Crippen molar-refractivity contribution in [3.05, 3.63) is 51.8 Å². The van der Waals surface area contributed by atoms with E-state index in [1.54, 1.807) is 11.3 Å². The van der Waals surface area contributed by atoms with E-state index in [2.05, 4.69) is 21.6 Å². The average molecular weight is 291 g/mol. The van der Waals surface area contributed by atoms with Gasteiger partial charge in [0.05, 0.1) is 6.61 Å². The Morgan fingerprint density at radius 3 is 2.68 bits per heavy atom. The third-order valence-corrected chi connectivity index (χ3v) is 3.99. The molecule has 0 amide bonds. The van der Waals surface area contributed by atoms with Gasteiger partial charge in [0.2, 0.25) is 5.88 Å². The average Bonchev–Trinajstić information content (AvgIpc) is 2.95. The van der Waals surface area contributed by atoms with E-state index >= 15 is 0 Å². The molecule has 1 aromatic carbocycles. The van der Waals surface area contributed by atoms with Crippen molar-refractivity contribution in [1.29, 1.82) is 0 Å². The molecule has 2 aromatic heterocycles. The molecular weight excluding hydrogens is 280 g/mol. The van der Waals surface area contributed by atoms with Gasteiger partial charge in [0.15, 0.2) is 5.15 Å². The molecule has 0 saturated heterocycles. The monoisotopic (exact) mass is 290 g/mol. The minimum atomic E-state index is 0.404. The first-order valence-electron chi connectivity index (χ1n) is 5.91. The summed E-state index contributed by atoms with van der Waals surface area (Å²) in [4.78, 5) is 1.30. The molecule has 0 atom stereocenters. The van der Waals surface area contributed by atoms with Crippen LogP contribution in [0.4, 0.5) is 0 Å². The molecule has 0 saturated carbocycles. The van der Waals surface area contributed by atoms with E-state index in [1.807, 2.05) is 30.3 Å². The van der Waals surface area contributed by atoms with Crippen LogP contribution in [0.1, 0.15) is 4.88 Å². The van der Waals surface area contributed by atoms with Crippen LogP contribution in [-0.2, 0) is 6.42 Å². The van der Waals surface area contributed by atoms with Crippen LogP contribution in [0.25, 0.3) is 10.8 Å². The molecule has 0 fully saturated rings. The first kappa shape index (κ1) is 12.4. The van der Waals surface area contributed by atoms with Gasteiger partial charge >= 0.3 is 0 Å². The third-order valence-electron chi connectivity index (χ3n) is 2.78. The van der Waals surface area contributed by atoms with Crippen LogP contribution in [-0.4, -0.2) is 16.8 Å². The zero-order valence-corrected chi connectivity index (χ0v) is 11.6. The predicted octanol–water partition coefficient (Wildman–Crippen LogP) is 3.97. The third kappa shape index (κ3) is 2.69. The second-order valence-electron chi connectivity index (χ2n) is 4.02. The lowest BCUT2D eigenvalue weighted by Crippen LogP contribution is -2.03. The van der Waals surface area contributed by atoms with Gasteiger partial charge in [-0.2, -0.15) is 0 Å². The van der Waals surface area contributed by atoms with Crippen LogP contribution in [0.15, 0.2) is 41.8 Å². The number of hydrogen-bond donors (Lipinski definition) is 0. The minimum absolute atomic E-state index is 0.404. The van der Waals surface area contributed by atoms with Gasteiger partial charge in [0.1, 0.15) is 0 Å². The number of benzene rings is 1. The lowest BCUT2D eigenvalue weighted by molar-refractivity contribution is 0.311. The van der Waals surface area contributed by atoms with Crippen molar-refractivity contribution in [1.82, 2.24) is 10.2 Å². The maximum absolute atomic E-state index is 6.02. The van der Waals surface area contributed by atoms with E-state index in [0.717, 1.165) is 17.2 Å². The van der Waals surface area contributed by atoms with E-state index in [1.165, 1.54) is 4.88 Å². The smallest absolute Gasteiger partial charge is 0.241 e. The molecule has 3 nitrogen and oxygen atoms in total. The molecule has 0 unspecified atom stereocenters. The first-order valence-corrected chi connectivity index (χ1v) is 7.16. The van der Waals surface area contributed by atoms with Gasteiger partial charge in [-0.15, -0.1) is 21.5 Å². The maximum atomic E-state index is 6.02. The topological polar surface area (TPSA) is 35.0 Å². The van der Waals surface area contributed by atoms with Gasteiger partial charge in [0.25, 0.3) is 0 Å². The van der Waals surface area contributed by atoms with E-state index in [4.69, 9.17) is 16.3 Å². The molecule has 0 spiro atoms. The standard InChI is InChI=1S/C14H11ClN2OS/c15-13-11-5-1-2-6-12(11)14(17-16-13)18-8-7-10-4-3-9-19-10/h1-6,9H,7-8H2. The molecular formula is C14H11ClN2OS. The van der Waals surface area contributed by atoms with Crippen molar-refractivity contribution in [2.75, 3.05) is 6.61 Å². The highest BCUT2D eigenvalue weighted by Gasteiger charge is 2.08. The Balaban J connectivity index is 1.79. The quantitative estimate of drug-likeness (QED) is 0.729. The Bertz CT molecular complexity index is 685. The van der Waals surface area contributed by atoms with Crippen molar-refractivity contribution in [2.45, 2.75) is 6.42 Å². The molecule has 96 valence electrons. The number of thiophene rings is 1. The Morgan fingerprint density at radius 2 is 1.89 bits per heavy atom. The molecule has 3 aromatic rings. The van der Waals surface area contributed by atoms with E-state index in [0.29, 0.717) is 17.6 Å². The Morgan fingerprint density at radius 1 is 1.05 bits per heavy atom. The number of fused-ring (bicyclic) bond motifs is 1. The molecule has 2 heterocycles.